The summed E-state index contributed by atoms with van der Waals surface area (Å²) in [5.41, 5.74) is 1.77. The van der Waals surface area contributed by atoms with Crippen molar-refractivity contribution < 1.29 is 24.5 Å². The fourth-order valence-electron chi connectivity index (χ4n) is 4.08. The third-order valence-electron chi connectivity index (χ3n) is 5.62. The van der Waals surface area contributed by atoms with Gasteiger partial charge in [-0.1, -0.05) is 35.3 Å². The third kappa shape index (κ3) is 4.72. The Kier molecular flexibility index (Phi) is 6.79. The molecule has 4 rings (SSSR count). The minimum Gasteiger partial charge on any atom is -0.508 e. The number of aromatic hydroxyl groups is 1. The number of anilines is 1. The van der Waals surface area contributed by atoms with Crippen LogP contribution in [0.3, 0.4) is 0 Å². The van der Waals surface area contributed by atoms with Crippen LogP contribution < -0.4 is 9.64 Å². The van der Waals surface area contributed by atoms with Gasteiger partial charge in [-0.2, -0.15) is 0 Å². The van der Waals surface area contributed by atoms with Gasteiger partial charge in [-0.3, -0.25) is 14.5 Å². The van der Waals surface area contributed by atoms with Gasteiger partial charge >= 0.3 is 0 Å². The van der Waals surface area contributed by atoms with Gasteiger partial charge in [0.05, 0.1) is 27.8 Å². The summed E-state index contributed by atoms with van der Waals surface area (Å²) in [6.07, 6.45) is -0.0320. The number of halogens is 2. The zero-order chi connectivity index (χ0) is 25.4. The van der Waals surface area contributed by atoms with Crippen molar-refractivity contribution in [3.63, 3.8) is 0 Å². The molecule has 1 saturated heterocycles. The van der Waals surface area contributed by atoms with E-state index < -0.39 is 17.7 Å². The molecule has 1 aliphatic heterocycles. The number of carbonyl (C=O) groups excluding carboxylic acids is 2. The minimum absolute atomic E-state index is 0.0320. The van der Waals surface area contributed by atoms with Crippen molar-refractivity contribution in [2.24, 2.45) is 0 Å². The van der Waals surface area contributed by atoms with Crippen molar-refractivity contribution in [1.29, 1.82) is 0 Å². The fourth-order valence-corrected chi connectivity index (χ4v) is 4.37. The third-order valence-corrected chi connectivity index (χ3v) is 6.36. The Hall–Kier alpha value is -3.48. The van der Waals surface area contributed by atoms with E-state index in [2.05, 4.69) is 0 Å². The number of aryl methyl sites for hydroxylation is 1. The zero-order valence-electron chi connectivity index (χ0n) is 19.3. The summed E-state index contributed by atoms with van der Waals surface area (Å²) in [5, 5.41) is 21.9. The molecule has 1 aliphatic rings. The van der Waals surface area contributed by atoms with E-state index in [1.54, 1.807) is 36.4 Å². The molecular weight excluding hydrogens is 489 g/mol. The number of Topliss-reactive ketones (excluding diaryl/α,β-unsaturated/α-hetero) is 1. The highest BCUT2D eigenvalue weighted by molar-refractivity contribution is 6.52. The minimum atomic E-state index is -1.01. The molecule has 0 radical (unpaired) electrons. The quantitative estimate of drug-likeness (QED) is 0.234. The maximum absolute atomic E-state index is 13.3. The van der Waals surface area contributed by atoms with Crippen LogP contribution in [-0.2, 0) is 9.59 Å². The summed E-state index contributed by atoms with van der Waals surface area (Å²) in [6.45, 7) is 5.65. The van der Waals surface area contributed by atoms with Gasteiger partial charge in [-0.25, -0.2) is 0 Å². The maximum Gasteiger partial charge on any atom is 0.300 e. The van der Waals surface area contributed by atoms with Crippen LogP contribution in [-0.4, -0.2) is 28.0 Å². The van der Waals surface area contributed by atoms with E-state index >= 15 is 0 Å². The average Bonchev–Trinajstić information content (AvgIpc) is 3.07. The molecule has 3 aromatic carbocycles. The largest absolute Gasteiger partial charge is 0.508 e. The van der Waals surface area contributed by atoms with Gasteiger partial charge in [0.25, 0.3) is 11.7 Å². The number of ketones is 1. The molecule has 1 unspecified atom stereocenters. The molecule has 0 bridgehead atoms. The first-order valence-corrected chi connectivity index (χ1v) is 11.7. The fraction of sp³-hybridized carbons (Fsp3) is 0.185. The molecule has 8 heteroatoms. The van der Waals surface area contributed by atoms with Gasteiger partial charge in [0, 0.05) is 11.3 Å². The number of aliphatic hydroxyl groups excluding tert-OH is 1. The Labute approximate surface area is 213 Å². The lowest BCUT2D eigenvalue weighted by Crippen LogP contribution is -2.29. The monoisotopic (exact) mass is 511 g/mol. The molecule has 1 heterocycles. The molecule has 0 spiro atoms. The summed E-state index contributed by atoms with van der Waals surface area (Å²) < 4.78 is 5.76. The highest BCUT2D eigenvalue weighted by Gasteiger charge is 2.47. The van der Waals surface area contributed by atoms with Gasteiger partial charge in [0.2, 0.25) is 0 Å². The first-order chi connectivity index (χ1) is 16.6. The number of nitrogens with zero attached hydrogens (tertiary/aromatic N) is 1. The van der Waals surface area contributed by atoms with Crippen LogP contribution in [0.4, 0.5) is 5.69 Å². The second-order valence-corrected chi connectivity index (χ2v) is 9.32. The predicted molar refractivity (Wildman–Crippen MR) is 136 cm³/mol. The van der Waals surface area contributed by atoms with Gasteiger partial charge in [0.15, 0.2) is 0 Å². The van der Waals surface area contributed by atoms with Crippen LogP contribution in [0.5, 0.6) is 11.5 Å². The van der Waals surface area contributed by atoms with Crippen molar-refractivity contribution in [2.75, 3.05) is 4.90 Å². The van der Waals surface area contributed by atoms with E-state index in [0.717, 1.165) is 5.56 Å². The summed E-state index contributed by atoms with van der Waals surface area (Å²) in [6, 6.07) is 14.8. The SMILES string of the molecule is Cc1cc(/C(O)=C2\C(=O)C(=O)N(c3ccc(Cl)c(Cl)c3)C2c2cccc(O)c2)ccc1OC(C)C. The van der Waals surface area contributed by atoms with Gasteiger partial charge in [-0.15, -0.1) is 0 Å². The highest BCUT2D eigenvalue weighted by Crippen LogP contribution is 2.44. The molecule has 0 saturated carbocycles. The molecule has 2 N–H and O–H groups in total. The molecule has 3 aromatic rings. The highest BCUT2D eigenvalue weighted by atomic mass is 35.5. The van der Waals surface area contributed by atoms with Crippen molar-refractivity contribution >= 4 is 46.3 Å². The van der Waals surface area contributed by atoms with Gasteiger partial charge in [0.1, 0.15) is 17.3 Å². The molecule has 0 aromatic heterocycles. The summed E-state index contributed by atoms with van der Waals surface area (Å²) >= 11 is 12.2. The summed E-state index contributed by atoms with van der Waals surface area (Å²) in [4.78, 5) is 27.7. The maximum atomic E-state index is 13.3. The number of rotatable bonds is 5. The number of aliphatic hydroxyl groups is 1. The molecule has 1 fully saturated rings. The number of carbonyl (C=O) groups is 2. The Bertz CT molecular complexity index is 1370. The van der Waals surface area contributed by atoms with E-state index in [1.807, 2.05) is 20.8 Å². The number of amides is 1. The Morgan fingerprint density at radius 1 is 1.00 bits per heavy atom. The van der Waals surface area contributed by atoms with Crippen molar-refractivity contribution in [3.8, 4) is 11.5 Å². The number of ether oxygens (including phenoxy) is 1. The molecule has 1 amide bonds. The van der Waals surface area contributed by atoms with Crippen LogP contribution in [0.1, 0.15) is 36.6 Å². The zero-order valence-corrected chi connectivity index (χ0v) is 20.8. The van der Waals surface area contributed by atoms with Crippen LogP contribution in [0.2, 0.25) is 10.0 Å². The normalized spacial score (nSPS) is 17.3. The first-order valence-electron chi connectivity index (χ1n) is 10.9. The van der Waals surface area contributed by atoms with E-state index in [0.29, 0.717) is 27.6 Å². The van der Waals surface area contributed by atoms with E-state index in [-0.39, 0.29) is 28.2 Å². The lowest BCUT2D eigenvalue weighted by Gasteiger charge is -2.26. The Balaban J connectivity index is 1.91. The Morgan fingerprint density at radius 3 is 2.37 bits per heavy atom. The van der Waals surface area contributed by atoms with Gasteiger partial charge < -0.3 is 14.9 Å². The molecule has 35 heavy (non-hydrogen) atoms. The number of hydrogen-bond donors (Lipinski definition) is 2. The summed E-state index contributed by atoms with van der Waals surface area (Å²) in [7, 11) is 0. The lowest BCUT2D eigenvalue weighted by atomic mass is 9.94. The number of phenols is 1. The number of phenolic OH excluding ortho intramolecular Hbond substituents is 1. The summed E-state index contributed by atoms with van der Waals surface area (Å²) in [5.74, 6) is -1.43. The van der Waals surface area contributed by atoms with Crippen LogP contribution in [0.25, 0.3) is 5.76 Å². The Morgan fingerprint density at radius 2 is 1.74 bits per heavy atom. The lowest BCUT2D eigenvalue weighted by molar-refractivity contribution is -0.132. The van der Waals surface area contributed by atoms with E-state index in [1.165, 1.54) is 29.2 Å². The second kappa shape index (κ2) is 9.64. The predicted octanol–water partition coefficient (Wildman–Crippen LogP) is 6.42. The van der Waals surface area contributed by atoms with E-state index in [9.17, 15) is 19.8 Å². The molecule has 6 nitrogen and oxygen atoms in total. The molecular formula is C27H23Cl2NO5. The van der Waals surface area contributed by atoms with E-state index in [4.69, 9.17) is 27.9 Å². The first kappa shape index (κ1) is 24.6. The van der Waals surface area contributed by atoms with Gasteiger partial charge in [-0.05, 0) is 80.4 Å². The number of benzene rings is 3. The van der Waals surface area contributed by atoms with Crippen molar-refractivity contribution in [2.45, 2.75) is 32.9 Å². The topological polar surface area (TPSA) is 87.1 Å². The van der Waals surface area contributed by atoms with Crippen LogP contribution in [0.15, 0.2) is 66.2 Å². The second-order valence-electron chi connectivity index (χ2n) is 8.51. The van der Waals surface area contributed by atoms with Crippen molar-refractivity contribution in [1.82, 2.24) is 0 Å². The average molecular weight is 512 g/mol. The smallest absolute Gasteiger partial charge is 0.300 e. The number of hydrogen-bond acceptors (Lipinski definition) is 5. The standard InChI is InChI=1S/C27H23Cl2NO5/c1-14(2)35-22-10-7-17(11-15(22)3)25(32)23-24(16-5-4-6-19(31)12-16)30(27(34)26(23)33)18-8-9-20(28)21(29)13-18/h4-14,24,31-32H,1-3H3/b25-23+. The molecule has 0 aliphatic carbocycles. The molecule has 180 valence electrons. The van der Waals surface area contributed by atoms with Crippen molar-refractivity contribution in [3.05, 3.63) is 93.0 Å². The van der Waals surface area contributed by atoms with Crippen LogP contribution >= 0.6 is 23.2 Å². The molecule has 1 atom stereocenters. The van der Waals surface area contributed by atoms with Crippen LogP contribution in [0, 0.1) is 6.92 Å².